The third-order valence-electron chi connectivity index (χ3n) is 12.8. The molecule has 3 saturated heterocycles. The lowest BCUT2D eigenvalue weighted by atomic mass is 9.73. The van der Waals surface area contributed by atoms with Gasteiger partial charge in [-0.2, -0.15) is 0 Å². The quantitative estimate of drug-likeness (QED) is 0.134. The number of rotatable bonds is 9. The number of ketones is 2. The van der Waals surface area contributed by atoms with Gasteiger partial charge in [0.15, 0.2) is 23.8 Å². The summed E-state index contributed by atoms with van der Waals surface area (Å²) in [6.07, 6.45) is -0.977. The third kappa shape index (κ3) is 10.4. The number of hydrogen-bond acceptors (Lipinski definition) is 16. The third-order valence-corrected chi connectivity index (χ3v) is 12.8. The SMILES string of the molecule is CC[C@@H]1OC(=O)[C@@](C)(F)C(=O)[C@H](C)[C@@H](OC2O[C@H](C)C[C@H](N(C)C)[C@H]2OC(=O)c2ccccc2)[C@@](C)(OCC#Cc2cc(C3=CC=CNN3)no2)C[C@@H](C)C(=O)[C@@H](C)[C@H]2NC(=O)O[C@]12C. The Hall–Kier alpha value is -5.61. The van der Waals surface area contributed by atoms with Crippen molar-refractivity contribution < 1.29 is 61.3 Å². The van der Waals surface area contributed by atoms with Crippen molar-refractivity contribution in [3.05, 3.63) is 71.8 Å². The van der Waals surface area contributed by atoms with E-state index in [4.69, 9.17) is 32.9 Å². The van der Waals surface area contributed by atoms with E-state index in [1.807, 2.05) is 25.9 Å². The van der Waals surface area contributed by atoms with Crippen molar-refractivity contribution in [2.75, 3.05) is 20.7 Å². The zero-order valence-electron chi connectivity index (χ0n) is 38.5. The Kier molecular flexibility index (Phi) is 14.9. The predicted octanol–water partition coefficient (Wildman–Crippen LogP) is 4.81. The summed E-state index contributed by atoms with van der Waals surface area (Å²) in [6.45, 7) is 11.7. The van der Waals surface area contributed by atoms with Gasteiger partial charge < -0.3 is 48.6 Å². The maximum absolute atomic E-state index is 17.2. The number of nitrogens with one attached hydrogen (secondary N) is 3. The lowest BCUT2D eigenvalue weighted by molar-refractivity contribution is -0.296. The highest BCUT2D eigenvalue weighted by atomic mass is 19.1. The molecule has 3 N–H and O–H groups in total. The van der Waals surface area contributed by atoms with Gasteiger partial charge >= 0.3 is 18.0 Å². The molecule has 0 bridgehead atoms. The molecule has 1 aromatic carbocycles. The van der Waals surface area contributed by atoms with E-state index in [0.717, 1.165) is 6.92 Å². The van der Waals surface area contributed by atoms with E-state index in [0.29, 0.717) is 17.8 Å². The summed E-state index contributed by atoms with van der Waals surface area (Å²) >= 11 is 0. The number of hydrazine groups is 1. The molecule has 1 aromatic heterocycles. The Labute approximate surface area is 378 Å². The van der Waals surface area contributed by atoms with Crippen molar-refractivity contribution in [1.29, 1.82) is 0 Å². The van der Waals surface area contributed by atoms with Crippen molar-refractivity contribution in [2.45, 2.75) is 134 Å². The first-order valence-electron chi connectivity index (χ1n) is 21.9. The van der Waals surface area contributed by atoms with Crippen LogP contribution in [0.15, 0.2) is 59.3 Å². The Morgan fingerprint density at radius 1 is 1.05 bits per heavy atom. The highest BCUT2D eigenvalue weighted by molar-refractivity contribution is 6.08. The summed E-state index contributed by atoms with van der Waals surface area (Å²) in [6, 6.07) is 8.50. The highest BCUT2D eigenvalue weighted by Crippen LogP contribution is 2.41. The average Bonchev–Trinajstić information content (AvgIpc) is 3.89. The number of hydrogen-bond donors (Lipinski definition) is 3. The molecule has 1 unspecified atom stereocenters. The second kappa shape index (κ2) is 19.9. The molecule has 13 atom stereocenters. The molecular formula is C47H60FN5O12. The van der Waals surface area contributed by atoms with Crippen LogP contribution in [0.2, 0.25) is 0 Å². The predicted molar refractivity (Wildman–Crippen MR) is 232 cm³/mol. The lowest BCUT2D eigenvalue weighted by Crippen LogP contribution is -2.62. The molecular weight excluding hydrogens is 846 g/mol. The summed E-state index contributed by atoms with van der Waals surface area (Å²) in [4.78, 5) is 71.7. The zero-order chi connectivity index (χ0) is 47.4. The molecule has 5 heterocycles. The van der Waals surface area contributed by atoms with Gasteiger partial charge in [-0.1, -0.05) is 57.0 Å². The van der Waals surface area contributed by atoms with Crippen LogP contribution in [-0.4, -0.2) is 120 Å². The Balaban J connectivity index is 1.44. The topological polar surface area (TPSA) is 206 Å². The molecule has 0 radical (unpaired) electrons. The zero-order valence-corrected chi connectivity index (χ0v) is 38.5. The van der Waals surface area contributed by atoms with E-state index in [1.54, 1.807) is 82.4 Å². The van der Waals surface area contributed by atoms with Gasteiger partial charge in [-0.05, 0) is 91.3 Å². The van der Waals surface area contributed by atoms with Gasteiger partial charge in [0.25, 0.3) is 5.67 Å². The molecule has 18 heteroatoms. The summed E-state index contributed by atoms with van der Waals surface area (Å²) < 4.78 is 60.2. The van der Waals surface area contributed by atoms with Crippen LogP contribution in [0.4, 0.5) is 9.18 Å². The van der Waals surface area contributed by atoms with Gasteiger partial charge in [-0.15, -0.1) is 0 Å². The molecule has 65 heavy (non-hydrogen) atoms. The molecule has 0 saturated carbocycles. The van der Waals surface area contributed by atoms with Gasteiger partial charge in [0.05, 0.1) is 41.2 Å². The van der Waals surface area contributed by atoms with Crippen LogP contribution in [0.3, 0.4) is 0 Å². The van der Waals surface area contributed by atoms with E-state index in [9.17, 15) is 24.0 Å². The maximum Gasteiger partial charge on any atom is 0.408 e. The van der Waals surface area contributed by atoms with Gasteiger partial charge in [-0.25, -0.2) is 18.8 Å². The molecule has 4 aliphatic rings. The number of ether oxygens (including phenoxy) is 6. The first-order chi connectivity index (χ1) is 30.7. The van der Waals surface area contributed by atoms with Crippen molar-refractivity contribution in [1.82, 2.24) is 26.2 Å². The van der Waals surface area contributed by atoms with Crippen LogP contribution in [-0.2, 0) is 42.8 Å². The number of nitrogens with zero attached hydrogens (tertiary/aromatic N) is 2. The van der Waals surface area contributed by atoms with Crippen LogP contribution >= 0.6 is 0 Å². The molecule has 3 fully saturated rings. The number of halogens is 1. The fraction of sp³-hybridized carbons (Fsp3) is 0.574. The normalized spacial score (nSPS) is 35.5. The van der Waals surface area contributed by atoms with Crippen LogP contribution in [0.25, 0.3) is 5.70 Å². The summed E-state index contributed by atoms with van der Waals surface area (Å²) in [5.74, 6) is -1.06. The van der Waals surface area contributed by atoms with Gasteiger partial charge in [0, 0.05) is 30.0 Å². The molecule has 352 valence electrons. The molecule has 0 aliphatic carbocycles. The fourth-order valence-electron chi connectivity index (χ4n) is 9.30. The highest BCUT2D eigenvalue weighted by Gasteiger charge is 2.59. The van der Waals surface area contributed by atoms with E-state index in [-0.39, 0.29) is 36.6 Å². The molecule has 4 aliphatic heterocycles. The van der Waals surface area contributed by atoms with Crippen molar-refractivity contribution in [3.8, 4) is 11.8 Å². The van der Waals surface area contributed by atoms with Gasteiger partial charge in [0.1, 0.15) is 24.2 Å². The van der Waals surface area contributed by atoms with Crippen LogP contribution in [0.5, 0.6) is 0 Å². The standard InChI is InChI=1S/C47H60FN5O12/c1-11-35-47(8)38(50-44(58)64-47)28(4)36(54)26(2)25-45(6,59-22-16-19-31-24-33(52-65-31)32-20-15-21-49-51-32)40(29(5)39(55)46(7,48)43(57)61-35)63-42-37(34(53(9)10)23-27(3)60-42)62-41(56)30-17-13-12-14-18-30/h12-15,17-18,20-21,24,26-29,34-35,37-38,40,42,49,51H,11,22-23,25H2,1-10H3,(H,50,58)/t26-,27-,28-,29+,34+,35+,37-,38-,40-,42?,45+,46+,47-/m1/s1. The van der Waals surface area contributed by atoms with Crippen molar-refractivity contribution in [3.63, 3.8) is 0 Å². The number of amides is 1. The Morgan fingerprint density at radius 3 is 2.43 bits per heavy atom. The number of carbonyl (C=O) groups excluding carboxylic acids is 5. The summed E-state index contributed by atoms with van der Waals surface area (Å²) in [5.41, 5.74) is 0.607. The van der Waals surface area contributed by atoms with E-state index in [2.05, 4.69) is 33.2 Å². The number of cyclic esters (lactones) is 1. The molecule has 2 aromatic rings. The number of likely N-dealkylation sites (N-methyl/N-ethyl adjacent to an activating group) is 1. The minimum atomic E-state index is -3.28. The van der Waals surface area contributed by atoms with Crippen LogP contribution in [0, 0.1) is 29.6 Å². The monoisotopic (exact) mass is 905 g/mol. The first kappa shape index (κ1) is 48.8. The second-order valence-electron chi connectivity index (χ2n) is 18.0. The summed E-state index contributed by atoms with van der Waals surface area (Å²) in [5, 5.41) is 6.78. The molecule has 0 spiro atoms. The van der Waals surface area contributed by atoms with E-state index in [1.165, 1.54) is 13.8 Å². The second-order valence-corrected chi connectivity index (χ2v) is 18.0. The molecule has 17 nitrogen and oxygen atoms in total. The van der Waals surface area contributed by atoms with Crippen LogP contribution < -0.4 is 16.2 Å². The smallest absolute Gasteiger partial charge is 0.408 e. The van der Waals surface area contributed by atoms with E-state index >= 15 is 4.39 Å². The summed E-state index contributed by atoms with van der Waals surface area (Å²) in [7, 11) is 3.63. The Morgan fingerprint density at radius 2 is 1.77 bits per heavy atom. The van der Waals surface area contributed by atoms with Crippen LogP contribution in [0.1, 0.15) is 96.5 Å². The maximum atomic E-state index is 17.2. The number of alkyl carbamates (subject to hydrolysis) is 1. The van der Waals surface area contributed by atoms with Crippen molar-refractivity contribution in [2.24, 2.45) is 17.8 Å². The number of Topliss-reactive ketones (excluding diaryl/α,β-unsaturated/α-hetero) is 2. The van der Waals surface area contributed by atoms with Crippen molar-refractivity contribution >= 4 is 35.3 Å². The largest absolute Gasteiger partial charge is 0.455 e. The van der Waals surface area contributed by atoms with Gasteiger partial charge in [0.2, 0.25) is 5.76 Å². The minimum absolute atomic E-state index is 0.0503. The number of fused-ring (bicyclic) bond motifs is 1. The van der Waals surface area contributed by atoms with Gasteiger partial charge in [-0.3, -0.25) is 15.0 Å². The number of allylic oxidation sites excluding steroid dienone is 2. The Bertz CT molecular complexity index is 2220. The minimum Gasteiger partial charge on any atom is -0.455 e. The molecule has 1 amide bonds. The lowest BCUT2D eigenvalue weighted by Gasteiger charge is -2.48. The number of esters is 2. The number of benzene rings is 1. The number of alkyl halides is 1. The van der Waals surface area contributed by atoms with E-state index < -0.39 is 101 Å². The average molecular weight is 906 g/mol. The number of carbonyl (C=O) groups is 5. The fourth-order valence-corrected chi connectivity index (χ4v) is 9.30. The first-order valence-corrected chi connectivity index (χ1v) is 21.9. The molecule has 6 rings (SSSR count). The number of aromatic nitrogens is 1.